The van der Waals surface area contributed by atoms with Crippen LogP contribution in [0.2, 0.25) is 0 Å². The van der Waals surface area contributed by atoms with Gasteiger partial charge in [0.2, 0.25) is 0 Å². The Kier molecular flexibility index (Phi) is 3.14. The van der Waals surface area contributed by atoms with E-state index in [1.807, 2.05) is 24.3 Å². The molecule has 120 valence electrons. The smallest absolute Gasteiger partial charge is 0.335 e. The molecule has 0 unspecified atom stereocenters. The second kappa shape index (κ2) is 5.21. The van der Waals surface area contributed by atoms with E-state index in [4.69, 9.17) is 5.11 Å². The number of aliphatic hydroxyl groups is 1. The second-order valence-corrected chi connectivity index (χ2v) is 5.77. The molecule has 6 nitrogen and oxygen atoms in total. The predicted molar refractivity (Wildman–Crippen MR) is 90.9 cm³/mol. The van der Waals surface area contributed by atoms with Crippen molar-refractivity contribution in [3.05, 3.63) is 53.6 Å². The maximum absolute atomic E-state index is 11.2. The maximum Gasteiger partial charge on any atom is 0.335 e. The van der Waals surface area contributed by atoms with Crippen LogP contribution >= 0.6 is 0 Å². The Morgan fingerprint density at radius 3 is 2.79 bits per heavy atom. The molecule has 0 aliphatic rings. The highest BCUT2D eigenvalue weighted by Gasteiger charge is 2.15. The van der Waals surface area contributed by atoms with E-state index < -0.39 is 5.97 Å². The summed E-state index contributed by atoms with van der Waals surface area (Å²) in [6.45, 7) is 0.000929. The quantitative estimate of drug-likeness (QED) is 0.541. The van der Waals surface area contributed by atoms with Crippen LogP contribution in [0.3, 0.4) is 0 Å². The van der Waals surface area contributed by atoms with E-state index >= 15 is 0 Å². The number of nitrogens with zero attached hydrogens (tertiary/aromatic N) is 2. The molecule has 4 aromatic rings. The van der Waals surface area contributed by atoms with Gasteiger partial charge in [-0.15, -0.1) is 0 Å². The van der Waals surface area contributed by atoms with Crippen molar-refractivity contribution in [3.8, 4) is 11.4 Å². The fourth-order valence-corrected chi connectivity index (χ4v) is 3.00. The summed E-state index contributed by atoms with van der Waals surface area (Å²) in [7, 11) is 1.80. The zero-order valence-corrected chi connectivity index (χ0v) is 12.9. The van der Waals surface area contributed by atoms with Gasteiger partial charge in [-0.3, -0.25) is 4.68 Å². The van der Waals surface area contributed by atoms with Crippen molar-refractivity contribution >= 4 is 27.8 Å². The number of rotatable bonds is 3. The van der Waals surface area contributed by atoms with E-state index in [1.54, 1.807) is 29.9 Å². The lowest BCUT2D eigenvalue weighted by molar-refractivity contribution is 0.0697. The number of nitrogens with one attached hydrogen (secondary N) is 1. The van der Waals surface area contributed by atoms with Crippen LogP contribution in [-0.4, -0.2) is 30.9 Å². The third-order valence-corrected chi connectivity index (χ3v) is 4.22. The van der Waals surface area contributed by atoms with Crippen LogP contribution < -0.4 is 0 Å². The van der Waals surface area contributed by atoms with E-state index in [0.717, 1.165) is 38.8 Å². The third kappa shape index (κ3) is 2.16. The fourth-order valence-electron chi connectivity index (χ4n) is 3.00. The van der Waals surface area contributed by atoms with Crippen molar-refractivity contribution in [3.63, 3.8) is 0 Å². The van der Waals surface area contributed by atoms with E-state index in [2.05, 4.69) is 10.1 Å². The van der Waals surface area contributed by atoms with Gasteiger partial charge in [0.1, 0.15) is 5.69 Å². The summed E-state index contributed by atoms with van der Waals surface area (Å²) >= 11 is 0. The first-order valence-corrected chi connectivity index (χ1v) is 7.50. The number of hydrogen-bond donors (Lipinski definition) is 3. The van der Waals surface area contributed by atoms with Gasteiger partial charge in [-0.1, -0.05) is 6.07 Å². The fraction of sp³-hybridized carbons (Fsp3) is 0.111. The van der Waals surface area contributed by atoms with Crippen LogP contribution in [0.25, 0.3) is 33.2 Å². The van der Waals surface area contributed by atoms with E-state index in [0.29, 0.717) is 0 Å². The van der Waals surface area contributed by atoms with Crippen LogP contribution in [0.5, 0.6) is 0 Å². The van der Waals surface area contributed by atoms with Gasteiger partial charge in [-0.05, 0) is 42.0 Å². The SMILES string of the molecule is Cn1nc(-c2cc3cc(CO)ccc3[nH]2)c2ccc(C(=O)O)cc21. The molecule has 2 aromatic carbocycles. The molecule has 4 rings (SSSR count). The lowest BCUT2D eigenvalue weighted by Crippen LogP contribution is -1.96. The van der Waals surface area contributed by atoms with Gasteiger partial charge in [0.05, 0.1) is 23.4 Å². The van der Waals surface area contributed by atoms with Gasteiger partial charge in [0, 0.05) is 23.3 Å². The summed E-state index contributed by atoms with van der Waals surface area (Å²) in [6.07, 6.45) is 0. The van der Waals surface area contributed by atoms with Crippen LogP contribution in [0.1, 0.15) is 15.9 Å². The largest absolute Gasteiger partial charge is 0.478 e. The Morgan fingerprint density at radius 1 is 1.21 bits per heavy atom. The number of carboxylic acids is 1. The molecule has 0 aliphatic carbocycles. The Bertz CT molecular complexity index is 1090. The Balaban J connectivity index is 1.91. The van der Waals surface area contributed by atoms with Crippen LogP contribution in [-0.2, 0) is 13.7 Å². The summed E-state index contributed by atoms with van der Waals surface area (Å²) in [5.74, 6) is -0.957. The van der Waals surface area contributed by atoms with Crippen molar-refractivity contribution < 1.29 is 15.0 Å². The number of aromatic nitrogens is 3. The molecule has 0 bridgehead atoms. The zero-order valence-electron chi connectivity index (χ0n) is 12.9. The molecule has 2 aromatic heterocycles. The standard InChI is InChI=1S/C18H15N3O3/c1-21-16-8-11(18(23)24)3-4-13(16)17(20-21)15-7-12-6-10(9-22)2-5-14(12)19-15/h2-8,19,22H,9H2,1H3,(H,23,24). The number of carboxylic acid groups (broad SMARTS) is 1. The lowest BCUT2D eigenvalue weighted by Gasteiger charge is -1.97. The van der Waals surface area contributed by atoms with E-state index in [-0.39, 0.29) is 12.2 Å². The highest BCUT2D eigenvalue weighted by Crippen LogP contribution is 2.30. The monoisotopic (exact) mass is 321 g/mol. The molecule has 0 fully saturated rings. The molecule has 6 heteroatoms. The first-order valence-electron chi connectivity index (χ1n) is 7.50. The zero-order chi connectivity index (χ0) is 16.8. The average Bonchev–Trinajstić information content (AvgIpc) is 3.14. The summed E-state index contributed by atoms with van der Waals surface area (Å²) in [4.78, 5) is 14.5. The van der Waals surface area contributed by atoms with Gasteiger partial charge < -0.3 is 15.2 Å². The normalized spacial score (nSPS) is 11.4. The summed E-state index contributed by atoms with van der Waals surface area (Å²) in [5, 5.41) is 24.8. The number of hydrogen-bond acceptors (Lipinski definition) is 3. The number of H-pyrrole nitrogens is 1. The summed E-state index contributed by atoms with van der Waals surface area (Å²) < 4.78 is 1.68. The Morgan fingerprint density at radius 2 is 2.04 bits per heavy atom. The minimum absolute atomic E-state index is 0.000929. The van der Waals surface area contributed by atoms with Crippen molar-refractivity contribution in [2.45, 2.75) is 6.61 Å². The van der Waals surface area contributed by atoms with Crippen LogP contribution in [0.15, 0.2) is 42.5 Å². The third-order valence-electron chi connectivity index (χ3n) is 4.22. The topological polar surface area (TPSA) is 91.1 Å². The van der Waals surface area contributed by atoms with Crippen molar-refractivity contribution in [2.75, 3.05) is 0 Å². The van der Waals surface area contributed by atoms with Gasteiger partial charge in [-0.2, -0.15) is 5.10 Å². The number of fused-ring (bicyclic) bond motifs is 2. The molecular formula is C18H15N3O3. The van der Waals surface area contributed by atoms with Crippen LogP contribution in [0.4, 0.5) is 0 Å². The molecule has 0 aliphatic heterocycles. The second-order valence-electron chi connectivity index (χ2n) is 5.77. The first-order chi connectivity index (χ1) is 11.6. The molecular weight excluding hydrogens is 306 g/mol. The molecule has 0 amide bonds. The number of aryl methyl sites for hydroxylation is 1. The van der Waals surface area contributed by atoms with Gasteiger partial charge in [0.15, 0.2) is 0 Å². The first kappa shape index (κ1) is 14.5. The number of aromatic carboxylic acids is 1. The molecule has 2 heterocycles. The van der Waals surface area contributed by atoms with Crippen molar-refractivity contribution in [2.24, 2.45) is 7.05 Å². The highest BCUT2D eigenvalue weighted by atomic mass is 16.4. The highest BCUT2D eigenvalue weighted by molar-refractivity contribution is 5.99. The lowest BCUT2D eigenvalue weighted by atomic mass is 10.1. The summed E-state index contributed by atoms with van der Waals surface area (Å²) in [5.41, 5.74) is 4.44. The molecule has 0 spiro atoms. The Hall–Kier alpha value is -3.12. The molecule has 0 saturated carbocycles. The number of carbonyl (C=O) groups is 1. The van der Waals surface area contributed by atoms with Gasteiger partial charge >= 0.3 is 5.97 Å². The van der Waals surface area contributed by atoms with E-state index in [1.165, 1.54) is 0 Å². The summed E-state index contributed by atoms with van der Waals surface area (Å²) in [6, 6.07) is 12.7. The van der Waals surface area contributed by atoms with Gasteiger partial charge in [-0.25, -0.2) is 4.79 Å². The number of benzene rings is 2. The number of aliphatic hydroxyl groups excluding tert-OH is 1. The molecule has 24 heavy (non-hydrogen) atoms. The van der Waals surface area contributed by atoms with E-state index in [9.17, 15) is 9.90 Å². The maximum atomic E-state index is 11.2. The predicted octanol–water partition coefficient (Wildman–Crippen LogP) is 2.91. The van der Waals surface area contributed by atoms with Crippen molar-refractivity contribution in [1.82, 2.24) is 14.8 Å². The molecule has 0 atom stereocenters. The molecule has 3 N–H and O–H groups in total. The average molecular weight is 321 g/mol. The number of aromatic amines is 1. The van der Waals surface area contributed by atoms with Gasteiger partial charge in [0.25, 0.3) is 0 Å². The van der Waals surface area contributed by atoms with Crippen molar-refractivity contribution in [1.29, 1.82) is 0 Å². The minimum Gasteiger partial charge on any atom is -0.478 e. The van der Waals surface area contributed by atoms with Crippen LogP contribution in [0, 0.1) is 0 Å². The minimum atomic E-state index is -0.957. The molecule has 0 saturated heterocycles. The molecule has 0 radical (unpaired) electrons. The Labute approximate surface area is 137 Å².